The van der Waals surface area contributed by atoms with Gasteiger partial charge in [0, 0.05) is 19.2 Å². The van der Waals surface area contributed by atoms with Crippen molar-refractivity contribution in [2.24, 2.45) is 11.8 Å². The number of aliphatic carboxylic acids is 1. The third-order valence-electron chi connectivity index (χ3n) is 4.60. The Labute approximate surface area is 143 Å². The SMILES string of the molecule is CC1CN(C(=O)c2cc3c(cc2[N+](=O)[O-])OCCO3)CCC1C(=O)O. The Hall–Kier alpha value is -2.84. The molecule has 1 aromatic rings. The Bertz CT molecular complexity index is 733. The fourth-order valence-electron chi connectivity index (χ4n) is 3.27. The highest BCUT2D eigenvalue weighted by Gasteiger charge is 2.36. The summed E-state index contributed by atoms with van der Waals surface area (Å²) in [5.41, 5.74) is -0.419. The summed E-state index contributed by atoms with van der Waals surface area (Å²) in [6, 6.07) is 2.54. The predicted molar refractivity (Wildman–Crippen MR) is 84.9 cm³/mol. The molecule has 9 heteroatoms. The van der Waals surface area contributed by atoms with Gasteiger partial charge in [-0.3, -0.25) is 19.7 Å². The van der Waals surface area contributed by atoms with Gasteiger partial charge in [-0.15, -0.1) is 0 Å². The summed E-state index contributed by atoms with van der Waals surface area (Å²) >= 11 is 0. The predicted octanol–water partition coefficient (Wildman–Crippen LogP) is 1.55. The molecule has 25 heavy (non-hydrogen) atoms. The Morgan fingerprint density at radius 2 is 1.92 bits per heavy atom. The van der Waals surface area contributed by atoms with Crippen molar-refractivity contribution >= 4 is 17.6 Å². The number of nitro groups is 1. The quantitative estimate of drug-likeness (QED) is 0.649. The number of nitro benzene ring substituents is 1. The molecule has 1 fully saturated rings. The maximum atomic E-state index is 12.8. The molecule has 1 aromatic carbocycles. The summed E-state index contributed by atoms with van der Waals surface area (Å²) in [5, 5.41) is 20.5. The average Bonchev–Trinajstić information content (AvgIpc) is 2.59. The molecule has 1 N–H and O–H groups in total. The van der Waals surface area contributed by atoms with Gasteiger partial charge in [0.15, 0.2) is 11.5 Å². The first-order valence-electron chi connectivity index (χ1n) is 7.98. The molecule has 0 aromatic heterocycles. The first kappa shape index (κ1) is 17.0. The van der Waals surface area contributed by atoms with E-state index in [0.717, 1.165) is 0 Å². The van der Waals surface area contributed by atoms with Crippen LogP contribution in [0.15, 0.2) is 12.1 Å². The smallest absolute Gasteiger partial charge is 0.306 e. The van der Waals surface area contributed by atoms with Gasteiger partial charge in [0.2, 0.25) is 0 Å². The van der Waals surface area contributed by atoms with Crippen molar-refractivity contribution in [1.29, 1.82) is 0 Å². The molecule has 2 heterocycles. The van der Waals surface area contributed by atoms with Gasteiger partial charge in [0.05, 0.1) is 16.9 Å². The number of nitrogens with zero attached hydrogens (tertiary/aromatic N) is 2. The number of rotatable bonds is 3. The summed E-state index contributed by atoms with van der Waals surface area (Å²) in [7, 11) is 0. The highest BCUT2D eigenvalue weighted by atomic mass is 16.6. The Kier molecular flexibility index (Phi) is 4.47. The number of hydrogen-bond acceptors (Lipinski definition) is 6. The second kappa shape index (κ2) is 6.58. The number of hydrogen-bond donors (Lipinski definition) is 1. The van der Waals surface area contributed by atoms with Gasteiger partial charge in [0.1, 0.15) is 18.8 Å². The van der Waals surface area contributed by atoms with Gasteiger partial charge in [-0.05, 0) is 12.3 Å². The van der Waals surface area contributed by atoms with E-state index in [1.165, 1.54) is 17.0 Å². The largest absolute Gasteiger partial charge is 0.486 e. The third kappa shape index (κ3) is 3.21. The molecule has 3 rings (SSSR count). The van der Waals surface area contributed by atoms with Gasteiger partial charge in [-0.1, -0.05) is 6.92 Å². The molecular formula is C16H18N2O7. The van der Waals surface area contributed by atoms with E-state index in [2.05, 4.69) is 0 Å². The Balaban J connectivity index is 1.89. The molecule has 0 aliphatic carbocycles. The maximum Gasteiger partial charge on any atom is 0.306 e. The minimum Gasteiger partial charge on any atom is -0.486 e. The van der Waals surface area contributed by atoms with Gasteiger partial charge >= 0.3 is 5.97 Å². The van der Waals surface area contributed by atoms with Crippen LogP contribution in [0.5, 0.6) is 11.5 Å². The molecule has 2 aliphatic rings. The van der Waals surface area contributed by atoms with Gasteiger partial charge in [-0.25, -0.2) is 0 Å². The number of benzene rings is 1. The number of carbonyl (C=O) groups excluding carboxylic acids is 1. The van der Waals surface area contributed by atoms with Gasteiger partial charge in [0.25, 0.3) is 11.6 Å². The van der Waals surface area contributed by atoms with E-state index in [-0.39, 0.29) is 42.6 Å². The van der Waals surface area contributed by atoms with Crippen molar-refractivity contribution in [3.63, 3.8) is 0 Å². The third-order valence-corrected chi connectivity index (χ3v) is 4.60. The lowest BCUT2D eigenvalue weighted by molar-refractivity contribution is -0.385. The molecule has 0 radical (unpaired) electrons. The minimum absolute atomic E-state index is 0.0739. The highest BCUT2D eigenvalue weighted by molar-refractivity contribution is 5.99. The van der Waals surface area contributed by atoms with Crippen LogP contribution in [-0.2, 0) is 4.79 Å². The molecular weight excluding hydrogens is 332 g/mol. The van der Waals surface area contributed by atoms with Crippen LogP contribution < -0.4 is 9.47 Å². The minimum atomic E-state index is -0.884. The van der Waals surface area contributed by atoms with E-state index < -0.39 is 22.7 Å². The zero-order valence-electron chi connectivity index (χ0n) is 13.6. The molecule has 2 atom stereocenters. The summed E-state index contributed by atoms with van der Waals surface area (Å²) in [6.45, 7) is 2.83. The normalized spacial score (nSPS) is 22.4. The Morgan fingerprint density at radius 1 is 1.28 bits per heavy atom. The fourth-order valence-corrected chi connectivity index (χ4v) is 3.27. The maximum absolute atomic E-state index is 12.8. The number of ether oxygens (including phenoxy) is 2. The number of fused-ring (bicyclic) bond motifs is 1. The molecule has 9 nitrogen and oxygen atoms in total. The van der Waals surface area contributed by atoms with Crippen LogP contribution in [0.1, 0.15) is 23.7 Å². The summed E-state index contributed by atoms with van der Waals surface area (Å²) < 4.78 is 10.7. The first-order chi connectivity index (χ1) is 11.9. The van der Waals surface area contributed by atoms with Crippen LogP contribution in [0.4, 0.5) is 5.69 Å². The number of carboxylic acid groups (broad SMARTS) is 1. The van der Waals surface area contributed by atoms with Gasteiger partial charge in [-0.2, -0.15) is 0 Å². The van der Waals surface area contributed by atoms with E-state index >= 15 is 0 Å². The zero-order valence-corrected chi connectivity index (χ0v) is 13.6. The summed E-state index contributed by atoms with van der Waals surface area (Å²) in [5.74, 6) is -1.59. The number of likely N-dealkylation sites (tertiary alicyclic amines) is 1. The van der Waals surface area contributed by atoms with Crippen molar-refractivity contribution in [2.45, 2.75) is 13.3 Å². The lowest BCUT2D eigenvalue weighted by Gasteiger charge is -2.35. The lowest BCUT2D eigenvalue weighted by Crippen LogP contribution is -2.45. The van der Waals surface area contributed by atoms with E-state index in [9.17, 15) is 24.8 Å². The van der Waals surface area contributed by atoms with Crippen LogP contribution in [0, 0.1) is 22.0 Å². The van der Waals surface area contributed by atoms with Crippen LogP contribution >= 0.6 is 0 Å². The van der Waals surface area contributed by atoms with Crippen LogP contribution in [0.2, 0.25) is 0 Å². The summed E-state index contributed by atoms with van der Waals surface area (Å²) in [6.07, 6.45) is 0.320. The molecule has 0 saturated carbocycles. The molecule has 2 aliphatic heterocycles. The summed E-state index contributed by atoms with van der Waals surface area (Å²) in [4.78, 5) is 36.2. The van der Waals surface area contributed by atoms with E-state index in [1.54, 1.807) is 6.92 Å². The van der Waals surface area contributed by atoms with Crippen molar-refractivity contribution in [2.75, 3.05) is 26.3 Å². The number of carbonyl (C=O) groups is 2. The van der Waals surface area contributed by atoms with Gasteiger partial charge < -0.3 is 19.5 Å². The van der Waals surface area contributed by atoms with Crippen LogP contribution in [0.3, 0.4) is 0 Å². The molecule has 1 saturated heterocycles. The first-order valence-corrected chi connectivity index (χ1v) is 7.98. The standard InChI is InChI=1S/C16H18N2O7/c1-9-8-17(3-2-10(9)16(20)21)15(19)11-6-13-14(25-5-4-24-13)7-12(11)18(22)23/h6-7,9-10H,2-5,8H2,1H3,(H,20,21). The highest BCUT2D eigenvalue weighted by Crippen LogP contribution is 2.37. The topological polar surface area (TPSA) is 119 Å². The number of piperidine rings is 1. The van der Waals surface area contributed by atoms with E-state index in [0.29, 0.717) is 18.8 Å². The van der Waals surface area contributed by atoms with Crippen molar-refractivity contribution in [1.82, 2.24) is 4.90 Å². The number of amides is 1. The molecule has 2 unspecified atom stereocenters. The molecule has 1 amide bonds. The van der Waals surface area contributed by atoms with Crippen molar-refractivity contribution < 1.29 is 29.1 Å². The van der Waals surface area contributed by atoms with E-state index in [1.807, 2.05) is 0 Å². The monoisotopic (exact) mass is 350 g/mol. The van der Waals surface area contributed by atoms with Crippen molar-refractivity contribution in [3.05, 3.63) is 27.8 Å². The zero-order chi connectivity index (χ0) is 18.1. The Morgan fingerprint density at radius 3 is 2.48 bits per heavy atom. The fraction of sp³-hybridized carbons (Fsp3) is 0.500. The van der Waals surface area contributed by atoms with Crippen molar-refractivity contribution in [3.8, 4) is 11.5 Å². The lowest BCUT2D eigenvalue weighted by atomic mass is 9.86. The number of carboxylic acids is 1. The molecule has 0 bridgehead atoms. The molecule has 134 valence electrons. The second-order valence-electron chi connectivity index (χ2n) is 6.23. The average molecular weight is 350 g/mol. The second-order valence-corrected chi connectivity index (χ2v) is 6.23. The van der Waals surface area contributed by atoms with E-state index in [4.69, 9.17) is 9.47 Å². The van der Waals surface area contributed by atoms with Crippen LogP contribution in [0.25, 0.3) is 0 Å². The van der Waals surface area contributed by atoms with Crippen LogP contribution in [-0.4, -0.2) is 53.1 Å². The molecule has 0 spiro atoms.